The smallest absolute Gasteiger partial charge is 0.326 e. The van der Waals surface area contributed by atoms with Crippen LogP contribution in [0.3, 0.4) is 0 Å². The van der Waals surface area contributed by atoms with Gasteiger partial charge in [-0.1, -0.05) is 23.9 Å². The van der Waals surface area contributed by atoms with E-state index in [0.717, 1.165) is 34.8 Å². The molecule has 0 aliphatic heterocycles. The van der Waals surface area contributed by atoms with Crippen LogP contribution in [-0.4, -0.2) is 39.5 Å². The maximum atomic E-state index is 12.3. The number of nitrogens with zero attached hydrogens (tertiary/aromatic N) is 2. The van der Waals surface area contributed by atoms with Gasteiger partial charge in [0.25, 0.3) is 0 Å². The molecule has 6 nitrogen and oxygen atoms in total. The quantitative estimate of drug-likeness (QED) is 0.362. The van der Waals surface area contributed by atoms with Gasteiger partial charge >= 0.3 is 11.9 Å². The lowest BCUT2D eigenvalue weighted by Crippen LogP contribution is -2.26. The van der Waals surface area contributed by atoms with Crippen molar-refractivity contribution in [1.82, 2.24) is 9.55 Å². The van der Waals surface area contributed by atoms with Gasteiger partial charge in [0, 0.05) is 12.2 Å². The third kappa shape index (κ3) is 6.90. The lowest BCUT2D eigenvalue weighted by molar-refractivity contribution is -0.155. The first-order chi connectivity index (χ1) is 12.8. The van der Waals surface area contributed by atoms with E-state index in [1.807, 2.05) is 56.5 Å². The van der Waals surface area contributed by atoms with Gasteiger partial charge in [-0.05, 0) is 52.7 Å². The molecule has 0 unspecified atom stereocenters. The Morgan fingerprint density at radius 3 is 2.59 bits per heavy atom. The predicted octanol–water partition coefficient (Wildman–Crippen LogP) is 4.20. The highest BCUT2D eigenvalue weighted by Crippen LogP contribution is 2.25. The van der Waals surface area contributed by atoms with Crippen molar-refractivity contribution in [3.8, 4) is 0 Å². The largest absolute Gasteiger partial charge is 0.466 e. The van der Waals surface area contributed by atoms with Crippen LogP contribution >= 0.6 is 11.8 Å². The number of thioether (sulfide) groups is 1. The van der Waals surface area contributed by atoms with Crippen molar-refractivity contribution in [2.45, 2.75) is 64.3 Å². The van der Waals surface area contributed by atoms with Crippen molar-refractivity contribution in [2.24, 2.45) is 0 Å². The van der Waals surface area contributed by atoms with Gasteiger partial charge in [-0.3, -0.25) is 9.59 Å². The molecule has 0 amide bonds. The molecule has 0 atom stereocenters. The van der Waals surface area contributed by atoms with Crippen LogP contribution in [0.1, 0.15) is 47.0 Å². The maximum absolute atomic E-state index is 12.3. The third-order valence-electron chi connectivity index (χ3n) is 3.64. The van der Waals surface area contributed by atoms with Crippen LogP contribution in [0.15, 0.2) is 29.4 Å². The summed E-state index contributed by atoms with van der Waals surface area (Å²) in [5, 5.41) is 0.790. The summed E-state index contributed by atoms with van der Waals surface area (Å²) in [4.78, 5) is 28.3. The number of imidazole rings is 1. The molecule has 2 rings (SSSR count). The zero-order valence-corrected chi connectivity index (χ0v) is 17.3. The molecule has 1 heterocycles. The first kappa shape index (κ1) is 21.3. The molecule has 0 spiro atoms. The third-order valence-corrected chi connectivity index (χ3v) is 4.70. The number of rotatable bonds is 9. The van der Waals surface area contributed by atoms with E-state index in [1.165, 1.54) is 0 Å². The summed E-state index contributed by atoms with van der Waals surface area (Å²) in [5.74, 6) is 0.381. The number of carbonyl (C=O) groups is 2. The zero-order chi connectivity index (χ0) is 19.9. The van der Waals surface area contributed by atoms with Crippen LogP contribution in [-0.2, 0) is 25.6 Å². The van der Waals surface area contributed by atoms with Gasteiger partial charge in [0.2, 0.25) is 0 Å². The number of esters is 2. The molecular weight excluding hydrogens is 364 g/mol. The van der Waals surface area contributed by atoms with Gasteiger partial charge < -0.3 is 14.0 Å². The van der Waals surface area contributed by atoms with Crippen LogP contribution in [0, 0.1) is 0 Å². The minimum absolute atomic E-state index is 0.128. The number of unbranched alkanes of at least 4 members (excludes halogenated alkanes) is 1. The van der Waals surface area contributed by atoms with Gasteiger partial charge in [0.15, 0.2) is 5.16 Å². The number of ether oxygens (including phenoxy) is 2. The Labute approximate surface area is 164 Å². The van der Waals surface area contributed by atoms with E-state index in [1.54, 1.807) is 11.8 Å². The molecule has 0 aliphatic rings. The molecule has 1 aromatic heterocycles. The Balaban J connectivity index is 2.01. The van der Waals surface area contributed by atoms with Gasteiger partial charge in [-0.2, -0.15) is 0 Å². The second kappa shape index (κ2) is 9.78. The number of benzene rings is 1. The van der Waals surface area contributed by atoms with E-state index in [4.69, 9.17) is 9.47 Å². The first-order valence-electron chi connectivity index (χ1n) is 9.25. The standard InChI is InChI=1S/C20H28N2O4S/c1-5-25-17(23)12-8-9-13-27-19-21-15-10-6-7-11-16(15)22(19)14-18(24)26-20(2,3)4/h6-7,10-11H,5,8-9,12-14H2,1-4H3. The first-order valence-corrected chi connectivity index (χ1v) is 10.2. The van der Waals surface area contributed by atoms with E-state index < -0.39 is 5.60 Å². The molecular formula is C20H28N2O4S. The molecule has 1 aromatic carbocycles. The summed E-state index contributed by atoms with van der Waals surface area (Å²) in [6.45, 7) is 7.93. The molecule has 0 bridgehead atoms. The second-order valence-corrected chi connectivity index (χ2v) is 8.23. The molecule has 7 heteroatoms. The Morgan fingerprint density at radius 2 is 1.89 bits per heavy atom. The number of carbonyl (C=O) groups excluding carboxylic acids is 2. The van der Waals surface area contributed by atoms with Crippen molar-refractivity contribution in [3.05, 3.63) is 24.3 Å². The van der Waals surface area contributed by atoms with Crippen LogP contribution < -0.4 is 0 Å². The van der Waals surface area contributed by atoms with E-state index in [9.17, 15) is 9.59 Å². The molecule has 0 aliphatic carbocycles. The highest BCUT2D eigenvalue weighted by Gasteiger charge is 2.19. The number of aromatic nitrogens is 2. The molecule has 148 valence electrons. The Kier molecular flexibility index (Phi) is 7.71. The summed E-state index contributed by atoms with van der Waals surface area (Å²) in [7, 11) is 0. The minimum atomic E-state index is -0.520. The maximum Gasteiger partial charge on any atom is 0.326 e. The normalized spacial score (nSPS) is 11.6. The van der Waals surface area contributed by atoms with Gasteiger partial charge in [-0.15, -0.1) is 0 Å². The Bertz CT molecular complexity index is 780. The molecule has 27 heavy (non-hydrogen) atoms. The summed E-state index contributed by atoms with van der Waals surface area (Å²) in [6, 6.07) is 7.76. The SMILES string of the molecule is CCOC(=O)CCCCSc1nc2ccccc2n1CC(=O)OC(C)(C)C. The van der Waals surface area contributed by atoms with Crippen molar-refractivity contribution >= 4 is 34.7 Å². The monoisotopic (exact) mass is 392 g/mol. The van der Waals surface area contributed by atoms with Gasteiger partial charge in [-0.25, -0.2) is 4.98 Å². The Morgan fingerprint density at radius 1 is 1.15 bits per heavy atom. The van der Waals surface area contributed by atoms with E-state index in [2.05, 4.69) is 4.98 Å². The van der Waals surface area contributed by atoms with E-state index in [0.29, 0.717) is 13.0 Å². The van der Waals surface area contributed by atoms with Crippen molar-refractivity contribution < 1.29 is 19.1 Å². The molecule has 0 saturated carbocycles. The van der Waals surface area contributed by atoms with E-state index >= 15 is 0 Å². The fourth-order valence-corrected chi connectivity index (χ4v) is 3.60. The van der Waals surface area contributed by atoms with E-state index in [-0.39, 0.29) is 18.5 Å². The predicted molar refractivity (Wildman–Crippen MR) is 107 cm³/mol. The van der Waals surface area contributed by atoms with Gasteiger partial charge in [0.1, 0.15) is 12.1 Å². The lowest BCUT2D eigenvalue weighted by Gasteiger charge is -2.20. The van der Waals surface area contributed by atoms with Crippen molar-refractivity contribution in [3.63, 3.8) is 0 Å². The summed E-state index contributed by atoms with van der Waals surface area (Å²) >= 11 is 1.59. The van der Waals surface area contributed by atoms with Crippen LogP contribution in [0.5, 0.6) is 0 Å². The number of para-hydroxylation sites is 2. The van der Waals surface area contributed by atoms with Crippen LogP contribution in [0.4, 0.5) is 0 Å². The summed E-state index contributed by atoms with van der Waals surface area (Å²) in [6.07, 6.45) is 2.08. The molecule has 0 saturated heterocycles. The summed E-state index contributed by atoms with van der Waals surface area (Å²) < 4.78 is 12.3. The highest BCUT2D eigenvalue weighted by atomic mass is 32.2. The van der Waals surface area contributed by atoms with Gasteiger partial charge in [0.05, 0.1) is 17.6 Å². The Hall–Kier alpha value is -2.02. The fraction of sp³-hybridized carbons (Fsp3) is 0.550. The van der Waals surface area contributed by atoms with Crippen LogP contribution in [0.25, 0.3) is 11.0 Å². The van der Waals surface area contributed by atoms with Crippen LogP contribution in [0.2, 0.25) is 0 Å². The number of fused-ring (bicyclic) bond motifs is 1. The lowest BCUT2D eigenvalue weighted by atomic mass is 10.2. The zero-order valence-electron chi connectivity index (χ0n) is 16.5. The molecule has 0 fully saturated rings. The fourth-order valence-electron chi connectivity index (χ4n) is 2.59. The average molecular weight is 393 g/mol. The summed E-state index contributed by atoms with van der Waals surface area (Å²) in [5.41, 5.74) is 1.25. The number of hydrogen-bond donors (Lipinski definition) is 0. The van der Waals surface area contributed by atoms with Crippen molar-refractivity contribution in [2.75, 3.05) is 12.4 Å². The molecule has 0 N–H and O–H groups in total. The minimum Gasteiger partial charge on any atom is -0.466 e. The second-order valence-electron chi connectivity index (χ2n) is 7.17. The molecule has 2 aromatic rings. The number of hydrogen-bond acceptors (Lipinski definition) is 6. The average Bonchev–Trinajstić information content (AvgIpc) is 2.91. The van der Waals surface area contributed by atoms with Crippen molar-refractivity contribution in [1.29, 1.82) is 0 Å². The molecule has 0 radical (unpaired) electrons. The highest BCUT2D eigenvalue weighted by molar-refractivity contribution is 7.99. The topological polar surface area (TPSA) is 70.4 Å².